The third kappa shape index (κ3) is 5.98. The summed E-state index contributed by atoms with van der Waals surface area (Å²) >= 11 is 0. The molecule has 0 bridgehead atoms. The number of alkyl halides is 2. The molecule has 0 atom stereocenters. The molecule has 1 aromatic rings. The lowest BCUT2D eigenvalue weighted by Gasteiger charge is -2.25. The molecule has 0 unspecified atom stereocenters. The summed E-state index contributed by atoms with van der Waals surface area (Å²) in [6.45, 7) is 4.81. The summed E-state index contributed by atoms with van der Waals surface area (Å²) in [7, 11) is 0. The van der Waals surface area contributed by atoms with Crippen molar-refractivity contribution in [3.63, 3.8) is 0 Å². The van der Waals surface area contributed by atoms with Crippen LogP contribution in [0.25, 0.3) is 0 Å². The SMILES string of the molecule is CCOC(C)(C)CNCc1ccccc1OC(F)F. The van der Waals surface area contributed by atoms with Gasteiger partial charge >= 0.3 is 6.61 Å². The Kier molecular flexibility index (Phi) is 6.18. The molecular formula is C14H21F2NO2. The van der Waals surface area contributed by atoms with Crippen LogP contribution < -0.4 is 10.1 Å². The molecule has 0 aliphatic heterocycles. The monoisotopic (exact) mass is 273 g/mol. The highest BCUT2D eigenvalue weighted by atomic mass is 19.3. The fraction of sp³-hybridized carbons (Fsp3) is 0.571. The minimum atomic E-state index is -2.80. The number of rotatable bonds is 8. The minimum Gasteiger partial charge on any atom is -0.434 e. The molecule has 0 heterocycles. The lowest BCUT2D eigenvalue weighted by molar-refractivity contribution is -0.0506. The second-order valence-electron chi connectivity index (χ2n) is 4.78. The normalized spacial score (nSPS) is 11.9. The van der Waals surface area contributed by atoms with Gasteiger partial charge in [-0.1, -0.05) is 18.2 Å². The quantitative estimate of drug-likeness (QED) is 0.789. The van der Waals surface area contributed by atoms with Gasteiger partial charge in [0.05, 0.1) is 5.60 Å². The zero-order valence-corrected chi connectivity index (χ0v) is 11.6. The van der Waals surface area contributed by atoms with Crippen LogP contribution in [-0.2, 0) is 11.3 Å². The van der Waals surface area contributed by atoms with Gasteiger partial charge in [-0.25, -0.2) is 0 Å². The number of para-hydroxylation sites is 1. The van der Waals surface area contributed by atoms with E-state index in [1.807, 2.05) is 20.8 Å². The standard InChI is InChI=1S/C14H21F2NO2/c1-4-18-14(2,3)10-17-9-11-7-5-6-8-12(11)19-13(15)16/h5-8,13,17H,4,9-10H2,1-3H3. The molecule has 3 nitrogen and oxygen atoms in total. The summed E-state index contributed by atoms with van der Waals surface area (Å²) in [5, 5.41) is 3.19. The molecule has 108 valence electrons. The van der Waals surface area contributed by atoms with E-state index in [1.165, 1.54) is 6.07 Å². The van der Waals surface area contributed by atoms with Crippen molar-refractivity contribution in [3.8, 4) is 5.75 Å². The second-order valence-corrected chi connectivity index (χ2v) is 4.78. The average molecular weight is 273 g/mol. The van der Waals surface area contributed by atoms with Gasteiger partial charge in [-0.05, 0) is 26.8 Å². The molecule has 0 aliphatic carbocycles. The van der Waals surface area contributed by atoms with E-state index < -0.39 is 6.61 Å². The Morgan fingerprint density at radius 2 is 1.95 bits per heavy atom. The summed E-state index contributed by atoms with van der Waals surface area (Å²) in [5.41, 5.74) is 0.419. The molecule has 1 N–H and O–H groups in total. The van der Waals surface area contributed by atoms with Gasteiger partial charge in [0.15, 0.2) is 0 Å². The van der Waals surface area contributed by atoms with Crippen molar-refractivity contribution in [3.05, 3.63) is 29.8 Å². The van der Waals surface area contributed by atoms with Gasteiger partial charge in [0.2, 0.25) is 0 Å². The summed E-state index contributed by atoms with van der Waals surface area (Å²) < 4.78 is 34.5. The maximum Gasteiger partial charge on any atom is 0.387 e. The molecule has 0 fully saturated rings. The van der Waals surface area contributed by atoms with Crippen molar-refractivity contribution < 1.29 is 18.3 Å². The van der Waals surface area contributed by atoms with Crippen LogP contribution in [0.1, 0.15) is 26.3 Å². The van der Waals surface area contributed by atoms with Crippen LogP contribution in [0, 0.1) is 0 Å². The van der Waals surface area contributed by atoms with Crippen molar-refractivity contribution in [1.82, 2.24) is 5.32 Å². The lowest BCUT2D eigenvalue weighted by Crippen LogP contribution is -2.37. The highest BCUT2D eigenvalue weighted by Crippen LogP contribution is 2.20. The average Bonchev–Trinajstić information content (AvgIpc) is 2.30. The van der Waals surface area contributed by atoms with E-state index in [4.69, 9.17) is 4.74 Å². The van der Waals surface area contributed by atoms with E-state index in [9.17, 15) is 8.78 Å². The molecule has 5 heteroatoms. The summed E-state index contributed by atoms with van der Waals surface area (Å²) in [5.74, 6) is 0.208. The molecule has 0 aromatic heterocycles. The van der Waals surface area contributed by atoms with Gasteiger partial charge in [0.1, 0.15) is 5.75 Å². The summed E-state index contributed by atoms with van der Waals surface area (Å²) in [6.07, 6.45) is 0. The Morgan fingerprint density at radius 1 is 1.26 bits per heavy atom. The van der Waals surface area contributed by atoms with E-state index >= 15 is 0 Å². The molecule has 0 radical (unpaired) electrons. The van der Waals surface area contributed by atoms with E-state index in [-0.39, 0.29) is 11.4 Å². The van der Waals surface area contributed by atoms with Crippen molar-refractivity contribution in [2.24, 2.45) is 0 Å². The van der Waals surface area contributed by atoms with E-state index in [1.54, 1.807) is 18.2 Å². The van der Waals surface area contributed by atoms with Crippen molar-refractivity contribution in [1.29, 1.82) is 0 Å². The predicted molar refractivity (Wildman–Crippen MR) is 70.5 cm³/mol. The van der Waals surface area contributed by atoms with Gasteiger partial charge in [0.25, 0.3) is 0 Å². The van der Waals surface area contributed by atoms with Crippen LogP contribution in [0.4, 0.5) is 8.78 Å². The van der Waals surface area contributed by atoms with E-state index in [0.29, 0.717) is 25.3 Å². The molecule has 19 heavy (non-hydrogen) atoms. The molecule has 0 aliphatic rings. The Labute approximate surface area is 112 Å². The van der Waals surface area contributed by atoms with Gasteiger partial charge in [-0.3, -0.25) is 0 Å². The number of halogens is 2. The zero-order chi connectivity index (χ0) is 14.3. The van der Waals surface area contributed by atoms with Gasteiger partial charge in [-0.2, -0.15) is 8.78 Å². The lowest BCUT2D eigenvalue weighted by atomic mass is 10.1. The molecule has 0 amide bonds. The number of hydrogen-bond acceptors (Lipinski definition) is 3. The number of ether oxygens (including phenoxy) is 2. The largest absolute Gasteiger partial charge is 0.434 e. The Balaban J connectivity index is 2.53. The maximum absolute atomic E-state index is 12.2. The van der Waals surface area contributed by atoms with Gasteiger partial charge in [-0.15, -0.1) is 0 Å². The fourth-order valence-corrected chi connectivity index (χ4v) is 1.80. The molecule has 1 aromatic carbocycles. The Hall–Kier alpha value is -1.20. The first-order valence-corrected chi connectivity index (χ1v) is 6.32. The molecule has 1 rings (SSSR count). The van der Waals surface area contributed by atoms with Crippen LogP contribution in [0.3, 0.4) is 0 Å². The van der Waals surface area contributed by atoms with E-state index in [2.05, 4.69) is 10.1 Å². The topological polar surface area (TPSA) is 30.5 Å². The first-order valence-electron chi connectivity index (χ1n) is 6.32. The number of benzene rings is 1. The molecular weight excluding hydrogens is 252 g/mol. The summed E-state index contributed by atoms with van der Waals surface area (Å²) in [4.78, 5) is 0. The number of hydrogen-bond donors (Lipinski definition) is 1. The van der Waals surface area contributed by atoms with Crippen LogP contribution >= 0.6 is 0 Å². The first kappa shape index (κ1) is 15.9. The third-order valence-electron chi connectivity index (χ3n) is 2.59. The van der Waals surface area contributed by atoms with Gasteiger partial charge in [0, 0.05) is 25.3 Å². The highest BCUT2D eigenvalue weighted by molar-refractivity contribution is 5.33. The Morgan fingerprint density at radius 3 is 2.58 bits per heavy atom. The molecule has 0 saturated heterocycles. The second kappa shape index (κ2) is 7.40. The van der Waals surface area contributed by atoms with Crippen LogP contribution in [0.2, 0.25) is 0 Å². The Bertz CT molecular complexity index is 383. The molecule has 0 saturated carbocycles. The van der Waals surface area contributed by atoms with Crippen molar-refractivity contribution >= 4 is 0 Å². The number of nitrogens with one attached hydrogen (secondary N) is 1. The highest BCUT2D eigenvalue weighted by Gasteiger charge is 2.17. The predicted octanol–water partition coefficient (Wildman–Crippen LogP) is 3.19. The minimum absolute atomic E-state index is 0.208. The van der Waals surface area contributed by atoms with Crippen molar-refractivity contribution in [2.75, 3.05) is 13.2 Å². The van der Waals surface area contributed by atoms with Crippen LogP contribution in [0.5, 0.6) is 5.75 Å². The first-order chi connectivity index (χ1) is 8.94. The van der Waals surface area contributed by atoms with Gasteiger partial charge < -0.3 is 14.8 Å². The zero-order valence-electron chi connectivity index (χ0n) is 11.6. The van der Waals surface area contributed by atoms with Crippen LogP contribution in [0.15, 0.2) is 24.3 Å². The maximum atomic E-state index is 12.2. The smallest absolute Gasteiger partial charge is 0.387 e. The van der Waals surface area contributed by atoms with Crippen LogP contribution in [-0.4, -0.2) is 25.4 Å². The molecule has 0 spiro atoms. The third-order valence-corrected chi connectivity index (χ3v) is 2.59. The summed E-state index contributed by atoms with van der Waals surface area (Å²) in [6, 6.07) is 6.77. The van der Waals surface area contributed by atoms with E-state index in [0.717, 1.165) is 0 Å². The van der Waals surface area contributed by atoms with Crippen molar-refractivity contribution in [2.45, 2.75) is 39.5 Å². The fourth-order valence-electron chi connectivity index (χ4n) is 1.80.